The third kappa shape index (κ3) is 2.60. The Hall–Kier alpha value is -2.08. The van der Waals surface area contributed by atoms with Crippen molar-refractivity contribution in [3.05, 3.63) is 40.2 Å². The monoisotopic (exact) mass is 289 g/mol. The average Bonchev–Trinajstić information content (AvgIpc) is 3.14. The second kappa shape index (κ2) is 5.13. The summed E-state index contributed by atoms with van der Waals surface area (Å²) >= 11 is 1.68. The largest absolute Gasteiger partial charge is 0.477 e. The van der Waals surface area contributed by atoms with Gasteiger partial charge in [0, 0.05) is 10.9 Å². The molecule has 0 saturated heterocycles. The summed E-state index contributed by atoms with van der Waals surface area (Å²) in [5.74, 6) is -0.445. The van der Waals surface area contributed by atoms with E-state index in [1.165, 1.54) is 10.9 Å². The third-order valence-electron chi connectivity index (χ3n) is 3.29. The van der Waals surface area contributed by atoms with Crippen LogP contribution in [0.4, 0.5) is 11.5 Å². The Morgan fingerprint density at radius 3 is 2.85 bits per heavy atom. The smallest absolute Gasteiger partial charge is 0.354 e. The summed E-state index contributed by atoms with van der Waals surface area (Å²) < 4.78 is 0. The van der Waals surface area contributed by atoms with Crippen LogP contribution in [0.5, 0.6) is 0 Å². The van der Waals surface area contributed by atoms with Crippen LogP contribution in [-0.2, 0) is 6.54 Å². The fourth-order valence-electron chi connectivity index (χ4n) is 2.14. The summed E-state index contributed by atoms with van der Waals surface area (Å²) in [7, 11) is 0. The molecular formula is C14H15N3O2S. The van der Waals surface area contributed by atoms with Gasteiger partial charge in [0.15, 0.2) is 11.5 Å². The van der Waals surface area contributed by atoms with Crippen LogP contribution in [0, 0.1) is 0 Å². The standard InChI is InChI=1S/C14H15N3O2S/c15-11-5-6-12(14(18)19)16-13(11)17(9-3-4-9)8-10-2-1-7-20-10/h1-2,5-7,9H,3-4,8,15H2,(H,18,19). The van der Waals surface area contributed by atoms with E-state index in [0.29, 0.717) is 17.5 Å². The number of anilines is 2. The molecule has 2 aromatic heterocycles. The van der Waals surface area contributed by atoms with Crippen LogP contribution < -0.4 is 10.6 Å². The molecule has 1 aliphatic carbocycles. The lowest BCUT2D eigenvalue weighted by molar-refractivity contribution is 0.0690. The number of carbonyl (C=O) groups is 1. The Bertz CT molecular complexity index is 623. The summed E-state index contributed by atoms with van der Waals surface area (Å²) in [5.41, 5.74) is 6.55. The Balaban J connectivity index is 1.94. The van der Waals surface area contributed by atoms with Crippen LogP contribution in [0.2, 0.25) is 0 Å². The zero-order valence-electron chi connectivity index (χ0n) is 10.8. The van der Waals surface area contributed by atoms with E-state index in [2.05, 4.69) is 16.0 Å². The lowest BCUT2D eigenvalue weighted by Crippen LogP contribution is -2.27. The Morgan fingerprint density at radius 2 is 2.25 bits per heavy atom. The second-order valence-corrected chi connectivity index (χ2v) is 5.89. The molecule has 1 aliphatic rings. The van der Waals surface area contributed by atoms with E-state index >= 15 is 0 Å². The zero-order valence-corrected chi connectivity index (χ0v) is 11.6. The van der Waals surface area contributed by atoms with Crippen molar-refractivity contribution in [2.24, 2.45) is 0 Å². The molecule has 104 valence electrons. The van der Waals surface area contributed by atoms with Gasteiger partial charge in [-0.05, 0) is 36.4 Å². The number of aromatic nitrogens is 1. The van der Waals surface area contributed by atoms with Gasteiger partial charge in [0.05, 0.1) is 12.2 Å². The van der Waals surface area contributed by atoms with Crippen molar-refractivity contribution < 1.29 is 9.90 Å². The van der Waals surface area contributed by atoms with Gasteiger partial charge < -0.3 is 15.7 Å². The third-order valence-corrected chi connectivity index (χ3v) is 4.15. The molecule has 0 aromatic carbocycles. The molecule has 0 unspecified atom stereocenters. The fraction of sp³-hybridized carbons (Fsp3) is 0.286. The molecule has 0 radical (unpaired) electrons. The first-order valence-electron chi connectivity index (χ1n) is 6.44. The summed E-state index contributed by atoms with van der Waals surface area (Å²) in [6.07, 6.45) is 2.20. The van der Waals surface area contributed by atoms with Crippen LogP contribution in [0.1, 0.15) is 28.2 Å². The number of rotatable bonds is 5. The minimum atomic E-state index is -1.03. The minimum absolute atomic E-state index is 0.0334. The number of aromatic carboxylic acids is 1. The fourth-order valence-corrected chi connectivity index (χ4v) is 2.84. The Labute approximate surface area is 120 Å². The number of nitrogens with zero attached hydrogens (tertiary/aromatic N) is 2. The first-order chi connectivity index (χ1) is 9.65. The van der Waals surface area contributed by atoms with Crippen LogP contribution in [0.3, 0.4) is 0 Å². The molecule has 0 aliphatic heterocycles. The van der Waals surface area contributed by atoms with Crippen molar-refractivity contribution in [3.8, 4) is 0 Å². The summed E-state index contributed by atoms with van der Waals surface area (Å²) in [6.45, 7) is 0.725. The van der Waals surface area contributed by atoms with E-state index in [-0.39, 0.29) is 5.69 Å². The van der Waals surface area contributed by atoms with Crippen molar-refractivity contribution in [1.82, 2.24) is 4.98 Å². The highest BCUT2D eigenvalue weighted by Gasteiger charge is 2.31. The van der Waals surface area contributed by atoms with Gasteiger partial charge in [0.2, 0.25) is 0 Å². The van der Waals surface area contributed by atoms with E-state index in [1.807, 2.05) is 11.4 Å². The molecule has 0 spiro atoms. The molecule has 0 atom stereocenters. The number of hydrogen-bond donors (Lipinski definition) is 2. The van der Waals surface area contributed by atoms with Gasteiger partial charge in [-0.15, -0.1) is 11.3 Å². The lowest BCUT2D eigenvalue weighted by Gasteiger charge is -2.24. The quantitative estimate of drug-likeness (QED) is 0.884. The number of hydrogen-bond acceptors (Lipinski definition) is 5. The highest BCUT2D eigenvalue weighted by atomic mass is 32.1. The maximum atomic E-state index is 11.1. The van der Waals surface area contributed by atoms with Crippen LogP contribution in [0.15, 0.2) is 29.6 Å². The van der Waals surface area contributed by atoms with Gasteiger partial charge in [-0.25, -0.2) is 9.78 Å². The van der Waals surface area contributed by atoms with E-state index in [0.717, 1.165) is 19.4 Å². The van der Waals surface area contributed by atoms with Crippen LogP contribution >= 0.6 is 11.3 Å². The van der Waals surface area contributed by atoms with Crippen LogP contribution in [-0.4, -0.2) is 22.1 Å². The molecular weight excluding hydrogens is 274 g/mol. The van der Waals surface area contributed by atoms with Gasteiger partial charge in [0.25, 0.3) is 0 Å². The highest BCUT2D eigenvalue weighted by molar-refractivity contribution is 7.09. The molecule has 3 N–H and O–H groups in total. The highest BCUT2D eigenvalue weighted by Crippen LogP contribution is 2.35. The Kier molecular flexibility index (Phi) is 3.31. The molecule has 2 heterocycles. The maximum Gasteiger partial charge on any atom is 0.354 e. The topological polar surface area (TPSA) is 79.5 Å². The molecule has 0 amide bonds. The molecule has 20 heavy (non-hydrogen) atoms. The van der Waals surface area contributed by atoms with E-state index < -0.39 is 5.97 Å². The number of nitrogen functional groups attached to an aromatic ring is 1. The van der Waals surface area contributed by atoms with Gasteiger partial charge >= 0.3 is 5.97 Å². The number of carboxylic acid groups (broad SMARTS) is 1. The SMILES string of the molecule is Nc1ccc(C(=O)O)nc1N(Cc1cccs1)C1CC1. The predicted molar refractivity (Wildman–Crippen MR) is 79.1 cm³/mol. The van der Waals surface area contributed by atoms with Gasteiger partial charge in [-0.1, -0.05) is 6.07 Å². The first-order valence-corrected chi connectivity index (χ1v) is 7.32. The summed E-state index contributed by atoms with van der Waals surface area (Å²) in [6, 6.07) is 7.55. The average molecular weight is 289 g/mol. The van der Waals surface area contributed by atoms with Crippen LogP contribution in [0.25, 0.3) is 0 Å². The van der Waals surface area contributed by atoms with Crippen molar-refractivity contribution in [3.63, 3.8) is 0 Å². The van der Waals surface area contributed by atoms with Crippen molar-refractivity contribution >= 4 is 28.8 Å². The molecule has 1 saturated carbocycles. The Morgan fingerprint density at radius 1 is 1.45 bits per heavy atom. The lowest BCUT2D eigenvalue weighted by atomic mass is 10.3. The van der Waals surface area contributed by atoms with Gasteiger partial charge in [-0.3, -0.25) is 0 Å². The molecule has 2 aromatic rings. The summed E-state index contributed by atoms with van der Waals surface area (Å²) in [5, 5.41) is 11.1. The van der Waals surface area contributed by atoms with Gasteiger partial charge in [-0.2, -0.15) is 0 Å². The van der Waals surface area contributed by atoms with E-state index in [1.54, 1.807) is 17.4 Å². The molecule has 1 fully saturated rings. The molecule has 6 heteroatoms. The zero-order chi connectivity index (χ0) is 14.1. The maximum absolute atomic E-state index is 11.1. The normalized spacial score (nSPS) is 14.2. The predicted octanol–water partition coefficient (Wildman–Crippen LogP) is 2.59. The van der Waals surface area contributed by atoms with Crippen molar-refractivity contribution in [1.29, 1.82) is 0 Å². The van der Waals surface area contributed by atoms with Crippen molar-refractivity contribution in [2.75, 3.05) is 10.6 Å². The molecule has 0 bridgehead atoms. The number of thiophene rings is 1. The minimum Gasteiger partial charge on any atom is -0.477 e. The first kappa shape index (κ1) is 12.9. The molecule has 3 rings (SSSR count). The van der Waals surface area contributed by atoms with Gasteiger partial charge in [0.1, 0.15) is 0 Å². The summed E-state index contributed by atoms with van der Waals surface area (Å²) in [4.78, 5) is 18.6. The molecule has 5 nitrogen and oxygen atoms in total. The number of carboxylic acids is 1. The number of pyridine rings is 1. The van der Waals surface area contributed by atoms with E-state index in [9.17, 15) is 4.79 Å². The van der Waals surface area contributed by atoms with Crippen molar-refractivity contribution in [2.45, 2.75) is 25.4 Å². The van der Waals surface area contributed by atoms with E-state index in [4.69, 9.17) is 10.8 Å². The number of nitrogens with two attached hydrogens (primary N) is 1. The second-order valence-electron chi connectivity index (χ2n) is 4.85.